The van der Waals surface area contributed by atoms with Gasteiger partial charge >= 0.3 is 0 Å². The molecule has 2 N–H and O–H groups in total. The molecule has 2 rings (SSSR count). The molecule has 19 heavy (non-hydrogen) atoms. The van der Waals surface area contributed by atoms with Crippen LogP contribution in [0.5, 0.6) is 0 Å². The molecule has 0 amide bonds. The molecule has 0 saturated carbocycles. The van der Waals surface area contributed by atoms with Crippen molar-refractivity contribution in [1.29, 1.82) is 0 Å². The molecule has 3 atom stereocenters. The van der Waals surface area contributed by atoms with Crippen LogP contribution in [0.25, 0.3) is 0 Å². The number of nitrogens with two attached hydrogens (primary N) is 1. The van der Waals surface area contributed by atoms with E-state index in [1.807, 2.05) is 0 Å². The maximum atomic E-state index is 14.0. The molecule has 5 nitrogen and oxygen atoms in total. The van der Waals surface area contributed by atoms with Crippen molar-refractivity contribution in [2.45, 2.75) is 18.6 Å². The lowest BCUT2D eigenvalue weighted by Gasteiger charge is -2.33. The summed E-state index contributed by atoms with van der Waals surface area (Å²) in [5.41, 5.74) is 5.15. The smallest absolute Gasteiger partial charge is 0.269 e. The molecule has 0 bridgehead atoms. The average Bonchev–Trinajstić information content (AvgIpc) is 2.66. The second kappa shape index (κ2) is 5.07. The van der Waals surface area contributed by atoms with Crippen molar-refractivity contribution < 1.29 is 14.1 Å². The molecule has 1 aliphatic rings. The van der Waals surface area contributed by atoms with E-state index in [4.69, 9.17) is 10.5 Å². The van der Waals surface area contributed by atoms with E-state index < -0.39 is 22.4 Å². The SMILES string of the molecule is C[C@H]1OC[C@@H](CS)[C@]1(N)c1cc([N+](=O)[O-])ccc1F. The van der Waals surface area contributed by atoms with Gasteiger partial charge in [-0.2, -0.15) is 12.6 Å². The van der Waals surface area contributed by atoms with Crippen LogP contribution in [0.2, 0.25) is 0 Å². The van der Waals surface area contributed by atoms with Crippen molar-refractivity contribution in [2.75, 3.05) is 12.4 Å². The zero-order chi connectivity index (χ0) is 14.2. The highest BCUT2D eigenvalue weighted by atomic mass is 32.1. The van der Waals surface area contributed by atoms with E-state index in [1.54, 1.807) is 6.92 Å². The van der Waals surface area contributed by atoms with Crippen molar-refractivity contribution in [2.24, 2.45) is 11.7 Å². The lowest BCUT2D eigenvalue weighted by atomic mass is 9.78. The first-order valence-electron chi connectivity index (χ1n) is 5.87. The zero-order valence-corrected chi connectivity index (χ0v) is 11.3. The van der Waals surface area contributed by atoms with Gasteiger partial charge in [-0.1, -0.05) is 0 Å². The third-order valence-corrected chi connectivity index (χ3v) is 4.18. The maximum absolute atomic E-state index is 14.0. The highest BCUT2D eigenvalue weighted by molar-refractivity contribution is 7.80. The quantitative estimate of drug-likeness (QED) is 0.505. The summed E-state index contributed by atoms with van der Waals surface area (Å²) < 4.78 is 19.5. The first-order valence-corrected chi connectivity index (χ1v) is 6.50. The minimum Gasteiger partial charge on any atom is -0.376 e. The lowest BCUT2D eigenvalue weighted by molar-refractivity contribution is -0.385. The van der Waals surface area contributed by atoms with E-state index >= 15 is 0 Å². The van der Waals surface area contributed by atoms with E-state index in [0.717, 1.165) is 12.1 Å². The van der Waals surface area contributed by atoms with Gasteiger partial charge in [0.05, 0.1) is 23.2 Å². The Kier molecular flexibility index (Phi) is 3.80. The number of hydrogen-bond donors (Lipinski definition) is 2. The summed E-state index contributed by atoms with van der Waals surface area (Å²) in [5.74, 6) is -0.331. The summed E-state index contributed by atoms with van der Waals surface area (Å²) in [6.07, 6.45) is -0.429. The molecular weight excluding hydrogens is 271 g/mol. The average molecular weight is 286 g/mol. The number of non-ortho nitro benzene ring substituents is 1. The number of thiol groups is 1. The van der Waals surface area contributed by atoms with Gasteiger partial charge in [0.2, 0.25) is 0 Å². The molecular formula is C12H15FN2O3S. The Morgan fingerprint density at radius 3 is 2.95 bits per heavy atom. The van der Waals surface area contributed by atoms with E-state index in [0.29, 0.717) is 12.4 Å². The lowest BCUT2D eigenvalue weighted by Crippen LogP contribution is -2.49. The Morgan fingerprint density at radius 2 is 2.37 bits per heavy atom. The molecule has 0 aromatic heterocycles. The molecule has 1 aromatic carbocycles. The van der Waals surface area contributed by atoms with Gasteiger partial charge in [0.1, 0.15) is 5.82 Å². The van der Waals surface area contributed by atoms with Gasteiger partial charge in [-0.3, -0.25) is 10.1 Å². The van der Waals surface area contributed by atoms with Crippen molar-refractivity contribution in [3.8, 4) is 0 Å². The molecule has 1 saturated heterocycles. The number of hydrogen-bond acceptors (Lipinski definition) is 5. The Labute approximate surface area is 115 Å². The number of nitro groups is 1. The standard InChI is InChI=1S/C12H15FN2O3S/c1-7-12(14,8(6-19)5-18-7)10-4-9(15(16)17)2-3-11(10)13/h2-4,7-8,19H,5-6,14H2,1H3/t7-,8+,12+/m1/s1. The van der Waals surface area contributed by atoms with Crippen LogP contribution in [-0.2, 0) is 10.3 Å². The van der Waals surface area contributed by atoms with E-state index in [-0.39, 0.29) is 17.2 Å². The molecule has 1 aliphatic heterocycles. The second-order valence-electron chi connectivity index (χ2n) is 4.71. The summed E-state index contributed by atoms with van der Waals surface area (Å²) in [6.45, 7) is 2.10. The normalized spacial score (nSPS) is 30.5. The predicted molar refractivity (Wildman–Crippen MR) is 71.7 cm³/mol. The van der Waals surface area contributed by atoms with Crippen molar-refractivity contribution >= 4 is 18.3 Å². The number of nitrogens with zero attached hydrogens (tertiary/aromatic N) is 1. The topological polar surface area (TPSA) is 78.4 Å². The van der Waals surface area contributed by atoms with E-state index in [9.17, 15) is 14.5 Å². The third kappa shape index (κ3) is 2.22. The highest BCUT2D eigenvalue weighted by Gasteiger charge is 2.48. The van der Waals surface area contributed by atoms with Crippen LogP contribution in [0.3, 0.4) is 0 Å². The van der Waals surface area contributed by atoms with Crippen LogP contribution in [0.4, 0.5) is 10.1 Å². The van der Waals surface area contributed by atoms with Gasteiger partial charge in [0.15, 0.2) is 0 Å². The number of ether oxygens (including phenoxy) is 1. The number of rotatable bonds is 3. The van der Waals surface area contributed by atoms with Crippen LogP contribution in [-0.4, -0.2) is 23.4 Å². The van der Waals surface area contributed by atoms with Crippen LogP contribution < -0.4 is 5.73 Å². The largest absolute Gasteiger partial charge is 0.376 e. The van der Waals surface area contributed by atoms with Crippen molar-refractivity contribution in [3.05, 3.63) is 39.7 Å². The van der Waals surface area contributed by atoms with Gasteiger partial charge in [-0.05, 0) is 18.7 Å². The first kappa shape index (κ1) is 14.2. The fourth-order valence-corrected chi connectivity index (χ4v) is 2.88. The first-order chi connectivity index (χ1) is 8.91. The van der Waals surface area contributed by atoms with Crippen LogP contribution in [0.1, 0.15) is 12.5 Å². The number of halogens is 1. The molecule has 0 radical (unpaired) electrons. The van der Waals surface area contributed by atoms with Gasteiger partial charge in [0, 0.05) is 23.6 Å². The summed E-state index contributed by atoms with van der Waals surface area (Å²) in [7, 11) is 0. The zero-order valence-electron chi connectivity index (χ0n) is 10.4. The predicted octanol–water partition coefficient (Wildman–Crippen LogP) is 1.85. The van der Waals surface area contributed by atoms with Crippen LogP contribution >= 0.6 is 12.6 Å². The third-order valence-electron chi connectivity index (χ3n) is 3.74. The summed E-state index contributed by atoms with van der Waals surface area (Å²) in [6, 6.07) is 3.39. The van der Waals surface area contributed by atoms with Crippen molar-refractivity contribution in [3.63, 3.8) is 0 Å². The van der Waals surface area contributed by atoms with Gasteiger partial charge in [-0.15, -0.1) is 0 Å². The molecule has 104 valence electrons. The fourth-order valence-electron chi connectivity index (χ4n) is 2.47. The Bertz CT molecular complexity index is 514. The Balaban J connectivity index is 2.55. The van der Waals surface area contributed by atoms with Crippen molar-refractivity contribution in [1.82, 2.24) is 0 Å². The Morgan fingerprint density at radius 1 is 1.68 bits per heavy atom. The van der Waals surface area contributed by atoms with Gasteiger partial charge in [0.25, 0.3) is 5.69 Å². The molecule has 0 unspecified atom stereocenters. The molecule has 1 aromatic rings. The molecule has 0 aliphatic carbocycles. The van der Waals surface area contributed by atoms with Gasteiger partial charge < -0.3 is 10.5 Å². The number of benzene rings is 1. The monoisotopic (exact) mass is 286 g/mol. The van der Waals surface area contributed by atoms with Crippen LogP contribution in [0, 0.1) is 21.8 Å². The van der Waals surface area contributed by atoms with Gasteiger partial charge in [-0.25, -0.2) is 4.39 Å². The second-order valence-corrected chi connectivity index (χ2v) is 5.07. The Hall–Kier alpha value is -1.18. The minimum atomic E-state index is -1.10. The highest BCUT2D eigenvalue weighted by Crippen LogP contribution is 2.40. The minimum absolute atomic E-state index is 0.116. The molecule has 7 heteroatoms. The van der Waals surface area contributed by atoms with E-state index in [1.165, 1.54) is 6.07 Å². The molecule has 1 heterocycles. The number of nitro benzene ring substituents is 1. The summed E-state index contributed by atoms with van der Waals surface area (Å²) >= 11 is 4.20. The summed E-state index contributed by atoms with van der Waals surface area (Å²) in [4.78, 5) is 10.2. The summed E-state index contributed by atoms with van der Waals surface area (Å²) in [5, 5.41) is 10.8. The van der Waals surface area contributed by atoms with E-state index in [2.05, 4.69) is 12.6 Å². The fraction of sp³-hybridized carbons (Fsp3) is 0.500. The molecule has 1 fully saturated rings. The molecule has 0 spiro atoms. The maximum Gasteiger partial charge on any atom is 0.269 e. The van der Waals surface area contributed by atoms with Crippen LogP contribution in [0.15, 0.2) is 18.2 Å².